The number of aromatic nitrogens is 1. The normalized spacial score (nSPS) is 15.1. The van der Waals surface area contributed by atoms with Crippen molar-refractivity contribution in [3.63, 3.8) is 0 Å². The first-order valence-electron chi connectivity index (χ1n) is 9.63. The zero-order valence-electron chi connectivity index (χ0n) is 16.8. The van der Waals surface area contributed by atoms with Crippen LogP contribution in [-0.2, 0) is 10.0 Å². The van der Waals surface area contributed by atoms with Crippen molar-refractivity contribution < 1.29 is 13.2 Å². The second-order valence-electron chi connectivity index (χ2n) is 7.17. The standard InChI is InChI=1S/C21H21ClN4O3S2/c1-31(28,29)26-12-10-25(11-13-26)16-8-6-15(7-9-16)20(27)24-21-23-19(14-30-21)17-4-2-3-5-18(17)22/h2-9,14H,10-13H2,1H3,(H,23,24,27). The lowest BCUT2D eigenvalue weighted by Crippen LogP contribution is -2.48. The van der Waals surface area contributed by atoms with Crippen LogP contribution in [0, 0.1) is 0 Å². The first-order valence-corrected chi connectivity index (χ1v) is 12.7. The van der Waals surface area contributed by atoms with Gasteiger partial charge in [0.05, 0.1) is 11.9 Å². The highest BCUT2D eigenvalue weighted by Gasteiger charge is 2.23. The van der Waals surface area contributed by atoms with Gasteiger partial charge in [0.15, 0.2) is 5.13 Å². The molecule has 1 aromatic heterocycles. The molecular formula is C21H21ClN4O3S2. The molecule has 0 unspecified atom stereocenters. The highest BCUT2D eigenvalue weighted by atomic mass is 35.5. The molecule has 10 heteroatoms. The molecule has 2 aromatic carbocycles. The molecule has 1 N–H and O–H groups in total. The van der Waals surface area contributed by atoms with E-state index in [4.69, 9.17) is 11.6 Å². The number of hydrogen-bond donors (Lipinski definition) is 1. The predicted octanol–water partition coefficient (Wildman–Crippen LogP) is 3.80. The fraction of sp³-hybridized carbons (Fsp3) is 0.238. The summed E-state index contributed by atoms with van der Waals surface area (Å²) in [4.78, 5) is 19.2. The van der Waals surface area contributed by atoms with Gasteiger partial charge >= 0.3 is 0 Å². The molecule has 4 rings (SSSR count). The lowest BCUT2D eigenvalue weighted by Gasteiger charge is -2.34. The van der Waals surface area contributed by atoms with Gasteiger partial charge in [0.1, 0.15) is 0 Å². The highest BCUT2D eigenvalue weighted by molar-refractivity contribution is 7.88. The van der Waals surface area contributed by atoms with Gasteiger partial charge in [-0.15, -0.1) is 11.3 Å². The number of halogens is 1. The minimum absolute atomic E-state index is 0.242. The average Bonchev–Trinajstić information content (AvgIpc) is 3.22. The Labute approximate surface area is 190 Å². The second-order valence-corrected chi connectivity index (χ2v) is 10.4. The van der Waals surface area contributed by atoms with Crippen molar-refractivity contribution in [2.45, 2.75) is 0 Å². The summed E-state index contributed by atoms with van der Waals surface area (Å²) in [6.45, 7) is 2.14. The number of anilines is 2. The fourth-order valence-electron chi connectivity index (χ4n) is 3.39. The topological polar surface area (TPSA) is 82.6 Å². The summed E-state index contributed by atoms with van der Waals surface area (Å²) in [6, 6.07) is 14.7. The van der Waals surface area contributed by atoms with Gasteiger partial charge in [0.25, 0.3) is 5.91 Å². The average molecular weight is 477 g/mol. The van der Waals surface area contributed by atoms with Crippen LogP contribution < -0.4 is 10.2 Å². The third-order valence-electron chi connectivity index (χ3n) is 5.08. The number of sulfonamides is 1. The third kappa shape index (κ3) is 5.07. The lowest BCUT2D eigenvalue weighted by molar-refractivity contribution is 0.102. The Morgan fingerprint density at radius 1 is 1.06 bits per heavy atom. The molecule has 1 amide bonds. The van der Waals surface area contributed by atoms with Crippen molar-refractivity contribution in [2.75, 3.05) is 42.7 Å². The van der Waals surface area contributed by atoms with Crippen molar-refractivity contribution in [3.05, 3.63) is 64.5 Å². The van der Waals surface area contributed by atoms with E-state index >= 15 is 0 Å². The second kappa shape index (κ2) is 8.96. The van der Waals surface area contributed by atoms with Gasteiger partial charge in [-0.2, -0.15) is 4.31 Å². The Morgan fingerprint density at radius 3 is 2.39 bits per heavy atom. The number of nitrogens with one attached hydrogen (secondary N) is 1. The monoisotopic (exact) mass is 476 g/mol. The molecule has 0 radical (unpaired) electrons. The van der Waals surface area contributed by atoms with Crippen molar-refractivity contribution in [1.82, 2.24) is 9.29 Å². The number of hydrogen-bond acceptors (Lipinski definition) is 6. The van der Waals surface area contributed by atoms with Crippen LogP contribution in [0.5, 0.6) is 0 Å². The van der Waals surface area contributed by atoms with Crippen LogP contribution in [0.25, 0.3) is 11.3 Å². The number of amides is 1. The maximum Gasteiger partial charge on any atom is 0.257 e. The lowest BCUT2D eigenvalue weighted by atomic mass is 10.1. The zero-order chi connectivity index (χ0) is 22.0. The van der Waals surface area contributed by atoms with Crippen LogP contribution in [0.4, 0.5) is 10.8 Å². The van der Waals surface area contributed by atoms with Crippen molar-refractivity contribution >= 4 is 49.7 Å². The summed E-state index contributed by atoms with van der Waals surface area (Å²) >= 11 is 7.56. The molecule has 162 valence electrons. The number of nitrogens with zero attached hydrogens (tertiary/aromatic N) is 3. The van der Waals surface area contributed by atoms with E-state index in [9.17, 15) is 13.2 Å². The number of thiazole rings is 1. The summed E-state index contributed by atoms with van der Waals surface area (Å²) in [5, 5.41) is 5.80. The summed E-state index contributed by atoms with van der Waals surface area (Å²) < 4.78 is 24.8. The molecular weight excluding hydrogens is 456 g/mol. The molecule has 1 fully saturated rings. The van der Waals surface area contributed by atoms with Crippen LogP contribution in [0.15, 0.2) is 53.9 Å². The Morgan fingerprint density at radius 2 is 1.74 bits per heavy atom. The van der Waals surface area contributed by atoms with Gasteiger partial charge in [-0.3, -0.25) is 10.1 Å². The molecule has 0 saturated carbocycles. The minimum atomic E-state index is -3.16. The third-order valence-corrected chi connectivity index (χ3v) is 7.47. The van der Waals surface area contributed by atoms with Gasteiger partial charge < -0.3 is 4.90 Å². The molecule has 7 nitrogen and oxygen atoms in total. The molecule has 3 aromatic rings. The van der Waals surface area contributed by atoms with Crippen molar-refractivity contribution in [1.29, 1.82) is 0 Å². The number of rotatable bonds is 5. The van der Waals surface area contributed by atoms with Crippen LogP contribution >= 0.6 is 22.9 Å². The predicted molar refractivity (Wildman–Crippen MR) is 126 cm³/mol. The molecule has 1 aliphatic rings. The Kier molecular flexibility index (Phi) is 6.29. The van der Waals surface area contributed by atoms with Gasteiger partial charge in [-0.25, -0.2) is 13.4 Å². The number of benzene rings is 2. The maximum absolute atomic E-state index is 12.6. The minimum Gasteiger partial charge on any atom is -0.369 e. The van der Waals surface area contributed by atoms with Gasteiger partial charge in [-0.1, -0.05) is 29.8 Å². The molecule has 31 heavy (non-hydrogen) atoms. The number of carbonyl (C=O) groups excluding carboxylic acids is 1. The first-order chi connectivity index (χ1) is 14.8. The summed E-state index contributed by atoms with van der Waals surface area (Å²) in [6.07, 6.45) is 1.23. The smallest absolute Gasteiger partial charge is 0.257 e. The SMILES string of the molecule is CS(=O)(=O)N1CCN(c2ccc(C(=O)Nc3nc(-c4ccccc4Cl)cs3)cc2)CC1. The van der Waals surface area contributed by atoms with E-state index in [-0.39, 0.29) is 5.91 Å². The number of piperazine rings is 1. The first kappa shape index (κ1) is 21.8. The molecule has 0 aliphatic carbocycles. The van der Waals surface area contributed by atoms with Crippen molar-refractivity contribution in [3.8, 4) is 11.3 Å². The molecule has 0 atom stereocenters. The van der Waals surface area contributed by atoms with Crippen molar-refractivity contribution in [2.24, 2.45) is 0 Å². The van der Waals surface area contributed by atoms with Crippen LogP contribution in [-0.4, -0.2) is 56.0 Å². The Bertz CT molecular complexity index is 1190. The largest absolute Gasteiger partial charge is 0.369 e. The number of carbonyl (C=O) groups is 1. The molecule has 1 saturated heterocycles. The van der Waals surface area contributed by atoms with E-state index in [1.807, 2.05) is 35.7 Å². The van der Waals surface area contributed by atoms with E-state index < -0.39 is 10.0 Å². The quantitative estimate of drug-likeness (QED) is 0.605. The molecule has 1 aliphatic heterocycles. The zero-order valence-corrected chi connectivity index (χ0v) is 19.2. The molecule has 2 heterocycles. The van der Waals surface area contributed by atoms with Gasteiger partial charge in [0.2, 0.25) is 10.0 Å². The molecule has 0 spiro atoms. The van der Waals surface area contributed by atoms with E-state index in [2.05, 4.69) is 15.2 Å². The van der Waals surface area contributed by atoms with Crippen LogP contribution in [0.2, 0.25) is 5.02 Å². The van der Waals surface area contributed by atoms with Gasteiger partial charge in [0, 0.05) is 53.4 Å². The maximum atomic E-state index is 12.6. The van der Waals surface area contributed by atoms with Crippen LogP contribution in [0.1, 0.15) is 10.4 Å². The summed E-state index contributed by atoms with van der Waals surface area (Å²) in [7, 11) is -3.16. The van der Waals surface area contributed by atoms with E-state index in [0.29, 0.717) is 41.9 Å². The van der Waals surface area contributed by atoms with Crippen LogP contribution in [0.3, 0.4) is 0 Å². The highest BCUT2D eigenvalue weighted by Crippen LogP contribution is 2.30. The molecule has 0 bridgehead atoms. The van der Waals surface area contributed by atoms with Gasteiger partial charge in [-0.05, 0) is 30.3 Å². The summed E-state index contributed by atoms with van der Waals surface area (Å²) in [5.41, 5.74) is 3.02. The Balaban J connectivity index is 1.39. The van der Waals surface area contributed by atoms with E-state index in [0.717, 1.165) is 16.9 Å². The summed E-state index contributed by atoms with van der Waals surface area (Å²) in [5.74, 6) is -0.242. The fourth-order valence-corrected chi connectivity index (χ4v) is 5.16. The Hall–Kier alpha value is -2.46. The van der Waals surface area contributed by atoms with E-state index in [1.54, 1.807) is 18.2 Å². The van der Waals surface area contributed by atoms with E-state index in [1.165, 1.54) is 21.9 Å².